The molecule has 132 valence electrons. The maximum Gasteiger partial charge on any atom is 0.251 e. The van der Waals surface area contributed by atoms with Gasteiger partial charge in [-0.15, -0.1) is 0 Å². The van der Waals surface area contributed by atoms with Gasteiger partial charge in [0.05, 0.1) is 0 Å². The van der Waals surface area contributed by atoms with E-state index in [-0.39, 0.29) is 30.1 Å². The van der Waals surface area contributed by atoms with Crippen molar-refractivity contribution in [2.24, 2.45) is 5.92 Å². The van der Waals surface area contributed by atoms with Gasteiger partial charge in [0.15, 0.2) is 0 Å². The topological polar surface area (TPSA) is 58.2 Å². The van der Waals surface area contributed by atoms with Crippen molar-refractivity contribution >= 4 is 23.4 Å². The van der Waals surface area contributed by atoms with Crippen LogP contribution in [0.4, 0.5) is 4.39 Å². The van der Waals surface area contributed by atoms with E-state index in [0.717, 1.165) is 0 Å². The third-order valence-electron chi connectivity index (χ3n) is 3.70. The van der Waals surface area contributed by atoms with Crippen LogP contribution in [0, 0.1) is 11.7 Å². The molecule has 4 nitrogen and oxygen atoms in total. The molecule has 0 radical (unpaired) electrons. The van der Waals surface area contributed by atoms with Crippen molar-refractivity contribution in [2.45, 2.75) is 26.4 Å². The minimum Gasteiger partial charge on any atom is -0.350 e. The molecule has 1 unspecified atom stereocenters. The van der Waals surface area contributed by atoms with E-state index in [0.29, 0.717) is 16.1 Å². The summed E-state index contributed by atoms with van der Waals surface area (Å²) in [5.41, 5.74) is 1.08. The SMILES string of the molecule is CC(C)C(NC(=O)c1ccc(Cl)cc1)C(=O)NCc1cccc(F)c1. The fourth-order valence-corrected chi connectivity index (χ4v) is 2.43. The number of hydrogen-bond donors (Lipinski definition) is 2. The molecular weight excluding hydrogens is 343 g/mol. The number of carbonyl (C=O) groups is 2. The third kappa shape index (κ3) is 5.57. The minimum atomic E-state index is -0.697. The summed E-state index contributed by atoms with van der Waals surface area (Å²) in [6.07, 6.45) is 0. The molecule has 1 atom stereocenters. The fraction of sp³-hybridized carbons (Fsp3) is 0.263. The predicted molar refractivity (Wildman–Crippen MR) is 95.8 cm³/mol. The largest absolute Gasteiger partial charge is 0.350 e. The van der Waals surface area contributed by atoms with Gasteiger partial charge in [0, 0.05) is 17.1 Å². The molecular formula is C19H20ClFN2O2. The minimum absolute atomic E-state index is 0.108. The van der Waals surface area contributed by atoms with E-state index in [1.54, 1.807) is 36.4 Å². The lowest BCUT2D eigenvalue weighted by atomic mass is 10.0. The van der Waals surface area contributed by atoms with Crippen molar-refractivity contribution in [1.29, 1.82) is 0 Å². The number of amides is 2. The summed E-state index contributed by atoms with van der Waals surface area (Å²) >= 11 is 5.81. The van der Waals surface area contributed by atoms with Crippen LogP contribution in [-0.4, -0.2) is 17.9 Å². The Hall–Kier alpha value is -2.40. The molecule has 0 fully saturated rings. The average Bonchev–Trinajstić information content (AvgIpc) is 2.57. The number of benzene rings is 2. The Balaban J connectivity index is 2.00. The smallest absolute Gasteiger partial charge is 0.251 e. The zero-order valence-corrected chi connectivity index (χ0v) is 14.8. The molecule has 0 bridgehead atoms. The molecule has 0 aromatic heterocycles. The summed E-state index contributed by atoms with van der Waals surface area (Å²) in [5, 5.41) is 6.00. The van der Waals surface area contributed by atoms with Gasteiger partial charge >= 0.3 is 0 Å². The monoisotopic (exact) mass is 362 g/mol. The van der Waals surface area contributed by atoms with Gasteiger partial charge in [0.2, 0.25) is 5.91 Å². The van der Waals surface area contributed by atoms with Crippen LogP contribution in [0.25, 0.3) is 0 Å². The van der Waals surface area contributed by atoms with E-state index in [1.807, 2.05) is 13.8 Å². The summed E-state index contributed by atoms with van der Waals surface area (Å²) in [5.74, 6) is -1.13. The van der Waals surface area contributed by atoms with Gasteiger partial charge in [-0.1, -0.05) is 37.6 Å². The molecule has 2 amide bonds. The van der Waals surface area contributed by atoms with Gasteiger partial charge < -0.3 is 10.6 Å². The lowest BCUT2D eigenvalue weighted by Crippen LogP contribution is -2.49. The molecule has 6 heteroatoms. The van der Waals surface area contributed by atoms with Crippen LogP contribution in [-0.2, 0) is 11.3 Å². The van der Waals surface area contributed by atoms with Gasteiger partial charge in [-0.3, -0.25) is 9.59 Å². The van der Waals surface area contributed by atoms with Crippen LogP contribution in [0.1, 0.15) is 29.8 Å². The third-order valence-corrected chi connectivity index (χ3v) is 3.95. The second-order valence-electron chi connectivity index (χ2n) is 6.05. The van der Waals surface area contributed by atoms with E-state index in [9.17, 15) is 14.0 Å². The Morgan fingerprint density at radius 2 is 1.80 bits per heavy atom. The van der Waals surface area contributed by atoms with Crippen LogP contribution in [0.5, 0.6) is 0 Å². The average molecular weight is 363 g/mol. The molecule has 0 saturated heterocycles. The molecule has 0 saturated carbocycles. The van der Waals surface area contributed by atoms with Crippen molar-refractivity contribution in [3.8, 4) is 0 Å². The Labute approximate surface area is 151 Å². The Morgan fingerprint density at radius 1 is 1.12 bits per heavy atom. The van der Waals surface area contributed by atoms with Gasteiger partial charge in [-0.25, -0.2) is 4.39 Å². The van der Waals surface area contributed by atoms with Gasteiger partial charge in [0.25, 0.3) is 5.91 Å². The number of carbonyl (C=O) groups excluding carboxylic acids is 2. The van der Waals surface area contributed by atoms with Gasteiger partial charge in [-0.2, -0.15) is 0 Å². The van der Waals surface area contributed by atoms with Gasteiger partial charge in [0.1, 0.15) is 11.9 Å². The number of rotatable bonds is 6. The van der Waals surface area contributed by atoms with Crippen molar-refractivity contribution in [2.75, 3.05) is 0 Å². The zero-order valence-electron chi connectivity index (χ0n) is 14.1. The Kier molecular flexibility index (Phi) is 6.53. The first-order chi connectivity index (χ1) is 11.9. The van der Waals surface area contributed by atoms with Crippen molar-refractivity contribution < 1.29 is 14.0 Å². The highest BCUT2D eigenvalue weighted by Gasteiger charge is 2.24. The first kappa shape index (κ1) is 18.9. The first-order valence-corrected chi connectivity index (χ1v) is 8.33. The summed E-state index contributed by atoms with van der Waals surface area (Å²) in [4.78, 5) is 24.7. The predicted octanol–water partition coefficient (Wildman–Crippen LogP) is 3.55. The highest BCUT2D eigenvalue weighted by atomic mass is 35.5. The molecule has 0 spiro atoms. The van der Waals surface area contributed by atoms with E-state index in [2.05, 4.69) is 10.6 Å². The molecule has 2 aromatic rings. The second-order valence-corrected chi connectivity index (χ2v) is 6.49. The van der Waals surface area contributed by atoms with E-state index >= 15 is 0 Å². The van der Waals surface area contributed by atoms with E-state index in [1.165, 1.54) is 12.1 Å². The van der Waals surface area contributed by atoms with Crippen LogP contribution < -0.4 is 10.6 Å². The molecule has 2 rings (SSSR count). The maximum atomic E-state index is 13.2. The van der Waals surface area contributed by atoms with Crippen LogP contribution in [0.2, 0.25) is 5.02 Å². The standard InChI is InChI=1S/C19H20ClFN2O2/c1-12(2)17(23-18(24)14-6-8-15(20)9-7-14)19(25)22-11-13-4-3-5-16(21)10-13/h3-10,12,17H,11H2,1-2H3,(H,22,25)(H,23,24). The highest BCUT2D eigenvalue weighted by molar-refractivity contribution is 6.30. The number of nitrogens with one attached hydrogen (secondary N) is 2. The van der Waals surface area contributed by atoms with Crippen molar-refractivity contribution in [1.82, 2.24) is 10.6 Å². The number of hydrogen-bond acceptors (Lipinski definition) is 2. The lowest BCUT2D eigenvalue weighted by Gasteiger charge is -2.22. The number of halogens is 2. The molecule has 0 heterocycles. The second kappa shape index (κ2) is 8.62. The van der Waals surface area contributed by atoms with Gasteiger partial charge in [-0.05, 0) is 47.9 Å². The molecule has 0 aliphatic heterocycles. The first-order valence-electron chi connectivity index (χ1n) is 7.95. The molecule has 0 aliphatic rings. The van der Waals surface area contributed by atoms with Crippen LogP contribution >= 0.6 is 11.6 Å². The van der Waals surface area contributed by atoms with Crippen LogP contribution in [0.15, 0.2) is 48.5 Å². The van der Waals surface area contributed by atoms with Crippen LogP contribution in [0.3, 0.4) is 0 Å². The molecule has 2 aromatic carbocycles. The van der Waals surface area contributed by atoms with Crippen molar-refractivity contribution in [3.05, 3.63) is 70.5 Å². The Bertz CT molecular complexity index is 747. The summed E-state index contributed by atoms with van der Waals surface area (Å²) in [6, 6.07) is 11.7. The quantitative estimate of drug-likeness (QED) is 0.825. The summed E-state index contributed by atoms with van der Waals surface area (Å²) in [6.45, 7) is 3.87. The van der Waals surface area contributed by atoms with E-state index in [4.69, 9.17) is 11.6 Å². The molecule has 0 aliphatic carbocycles. The highest BCUT2D eigenvalue weighted by Crippen LogP contribution is 2.11. The van der Waals surface area contributed by atoms with Crippen molar-refractivity contribution in [3.63, 3.8) is 0 Å². The normalized spacial score (nSPS) is 11.9. The van der Waals surface area contributed by atoms with E-state index < -0.39 is 6.04 Å². The summed E-state index contributed by atoms with van der Waals surface area (Å²) < 4.78 is 13.2. The Morgan fingerprint density at radius 3 is 2.40 bits per heavy atom. The lowest BCUT2D eigenvalue weighted by molar-refractivity contribution is -0.124. The summed E-state index contributed by atoms with van der Waals surface area (Å²) in [7, 11) is 0. The molecule has 2 N–H and O–H groups in total. The molecule has 25 heavy (non-hydrogen) atoms. The maximum absolute atomic E-state index is 13.2. The fourth-order valence-electron chi connectivity index (χ4n) is 2.31. The zero-order chi connectivity index (χ0) is 18.4.